The van der Waals surface area contributed by atoms with Crippen LogP contribution in [0.25, 0.3) is 17.2 Å². The summed E-state index contributed by atoms with van der Waals surface area (Å²) in [7, 11) is 0. The molecule has 1 heteroatoms. The van der Waals surface area contributed by atoms with Crippen LogP contribution in [0.5, 0.6) is 0 Å². The van der Waals surface area contributed by atoms with Crippen LogP contribution >= 0.6 is 0 Å². The van der Waals surface area contributed by atoms with Gasteiger partial charge in [-0.25, -0.2) is 0 Å². The van der Waals surface area contributed by atoms with Crippen molar-refractivity contribution in [1.82, 2.24) is 0 Å². The number of rotatable bonds is 9. The monoisotopic (exact) mass is 367 g/mol. The van der Waals surface area contributed by atoms with Crippen LogP contribution in [-0.4, -0.2) is 12.8 Å². The van der Waals surface area contributed by atoms with E-state index in [1.54, 1.807) is 0 Å². The summed E-state index contributed by atoms with van der Waals surface area (Å²) in [5.41, 5.74) is 6.41. The van der Waals surface area contributed by atoms with E-state index in [0.29, 0.717) is 0 Å². The van der Waals surface area contributed by atoms with E-state index in [-0.39, 0.29) is 0 Å². The molecule has 0 N–H and O–H groups in total. The second kappa shape index (κ2) is 11.0. The number of aliphatic imine (C=N–C) groups is 1. The minimum Gasteiger partial charge on any atom is -0.293 e. The van der Waals surface area contributed by atoms with Crippen LogP contribution in [0, 0.1) is 0 Å². The third kappa shape index (κ3) is 6.06. The Hall–Kier alpha value is -2.93. The molecule has 0 amide bonds. The van der Waals surface area contributed by atoms with Crippen LogP contribution in [0.2, 0.25) is 0 Å². The van der Waals surface area contributed by atoms with E-state index in [4.69, 9.17) is 0 Å². The smallest absolute Gasteiger partial charge is 0.0389 e. The molecule has 1 nitrogen and oxygen atoms in total. The van der Waals surface area contributed by atoms with Gasteiger partial charge in [-0.1, -0.05) is 97.4 Å². The summed E-state index contributed by atoms with van der Waals surface area (Å²) in [6, 6.07) is 27.9. The Bertz CT molecular complexity index is 889. The lowest BCUT2D eigenvalue weighted by Gasteiger charge is -2.05. The maximum atomic E-state index is 4.62. The van der Waals surface area contributed by atoms with Crippen molar-refractivity contribution >= 4 is 12.3 Å². The molecule has 0 spiro atoms. The number of nitrogens with zero attached hydrogens (tertiary/aromatic N) is 1. The molecule has 0 unspecified atom stereocenters. The van der Waals surface area contributed by atoms with E-state index >= 15 is 0 Å². The Kier molecular flexibility index (Phi) is 7.81. The van der Waals surface area contributed by atoms with E-state index in [9.17, 15) is 0 Å². The van der Waals surface area contributed by atoms with E-state index in [1.165, 1.54) is 40.7 Å². The first-order valence-electron chi connectivity index (χ1n) is 10.2. The topological polar surface area (TPSA) is 12.4 Å². The molecule has 0 bridgehead atoms. The van der Waals surface area contributed by atoms with Gasteiger partial charge in [0.1, 0.15) is 0 Å². The van der Waals surface area contributed by atoms with Gasteiger partial charge in [-0.15, -0.1) is 0 Å². The molecule has 0 saturated heterocycles. The van der Waals surface area contributed by atoms with Crippen molar-refractivity contribution in [2.75, 3.05) is 6.54 Å². The predicted octanol–water partition coefficient (Wildman–Crippen LogP) is 7.22. The van der Waals surface area contributed by atoms with Gasteiger partial charge in [-0.05, 0) is 54.0 Å². The second-order valence-corrected chi connectivity index (χ2v) is 7.04. The maximum absolute atomic E-state index is 4.62. The Balaban J connectivity index is 1.38. The quantitative estimate of drug-likeness (QED) is 0.280. The first-order valence-corrected chi connectivity index (χ1v) is 10.2. The van der Waals surface area contributed by atoms with Crippen LogP contribution in [0.1, 0.15) is 42.9 Å². The summed E-state index contributed by atoms with van der Waals surface area (Å²) in [5.74, 6) is 0. The fourth-order valence-corrected chi connectivity index (χ4v) is 3.33. The summed E-state index contributed by atoms with van der Waals surface area (Å²) >= 11 is 0. The molecule has 3 aromatic rings. The lowest BCUT2D eigenvalue weighted by molar-refractivity contribution is 0.688. The van der Waals surface area contributed by atoms with Gasteiger partial charge < -0.3 is 0 Å². The zero-order chi connectivity index (χ0) is 19.4. The fourth-order valence-electron chi connectivity index (χ4n) is 3.33. The number of hydrogen-bond donors (Lipinski definition) is 0. The van der Waals surface area contributed by atoms with Gasteiger partial charge in [-0.3, -0.25) is 4.99 Å². The minimum absolute atomic E-state index is 0.900. The molecular formula is C27H29N. The van der Waals surface area contributed by atoms with Crippen molar-refractivity contribution in [3.8, 4) is 11.1 Å². The lowest BCUT2D eigenvalue weighted by atomic mass is 10.0. The van der Waals surface area contributed by atoms with Gasteiger partial charge >= 0.3 is 0 Å². The SMILES string of the molecule is C/C=C\c1ccccc1C=NCCCCCc1ccc(-c2ccccc2)cc1. The zero-order valence-corrected chi connectivity index (χ0v) is 16.7. The van der Waals surface area contributed by atoms with Gasteiger partial charge in [0.2, 0.25) is 0 Å². The van der Waals surface area contributed by atoms with Crippen LogP contribution in [-0.2, 0) is 6.42 Å². The Morgan fingerprint density at radius 2 is 1.36 bits per heavy atom. The van der Waals surface area contributed by atoms with Crippen LogP contribution in [0.4, 0.5) is 0 Å². The van der Waals surface area contributed by atoms with Crippen molar-refractivity contribution < 1.29 is 0 Å². The number of aryl methyl sites for hydroxylation is 1. The predicted molar refractivity (Wildman–Crippen MR) is 123 cm³/mol. The molecule has 0 fully saturated rings. The molecule has 0 aliphatic carbocycles. The van der Waals surface area contributed by atoms with Crippen LogP contribution in [0.3, 0.4) is 0 Å². The zero-order valence-electron chi connectivity index (χ0n) is 16.7. The van der Waals surface area contributed by atoms with E-state index < -0.39 is 0 Å². The normalized spacial score (nSPS) is 11.5. The van der Waals surface area contributed by atoms with Gasteiger partial charge in [0.25, 0.3) is 0 Å². The number of unbranched alkanes of at least 4 members (excludes halogenated alkanes) is 2. The van der Waals surface area contributed by atoms with Crippen molar-refractivity contribution in [3.63, 3.8) is 0 Å². The van der Waals surface area contributed by atoms with E-state index in [0.717, 1.165) is 19.4 Å². The fraction of sp³-hybridized carbons (Fsp3) is 0.222. The summed E-state index contributed by atoms with van der Waals surface area (Å²) in [4.78, 5) is 4.62. The molecule has 0 aromatic heterocycles. The molecule has 142 valence electrons. The molecule has 3 rings (SSSR count). The maximum Gasteiger partial charge on any atom is 0.0389 e. The highest BCUT2D eigenvalue weighted by Crippen LogP contribution is 2.20. The van der Waals surface area contributed by atoms with Crippen molar-refractivity contribution in [1.29, 1.82) is 0 Å². The average Bonchev–Trinajstić information content (AvgIpc) is 2.75. The summed E-state index contributed by atoms with van der Waals surface area (Å²) < 4.78 is 0. The van der Waals surface area contributed by atoms with Gasteiger partial charge in [0.05, 0.1) is 0 Å². The van der Waals surface area contributed by atoms with Gasteiger partial charge in [-0.2, -0.15) is 0 Å². The Morgan fingerprint density at radius 1 is 0.679 bits per heavy atom. The summed E-state index contributed by atoms with van der Waals surface area (Å²) in [6.45, 7) is 2.94. The Labute approximate surface area is 169 Å². The molecule has 0 aliphatic heterocycles. The molecule has 28 heavy (non-hydrogen) atoms. The number of hydrogen-bond acceptors (Lipinski definition) is 1. The average molecular weight is 368 g/mol. The highest BCUT2D eigenvalue weighted by Gasteiger charge is 1.98. The highest BCUT2D eigenvalue weighted by atomic mass is 14.7. The first-order chi connectivity index (χ1) is 13.9. The van der Waals surface area contributed by atoms with Crippen molar-refractivity contribution in [2.24, 2.45) is 4.99 Å². The molecular weight excluding hydrogens is 338 g/mol. The van der Waals surface area contributed by atoms with Crippen molar-refractivity contribution in [2.45, 2.75) is 32.6 Å². The standard InChI is InChI=1S/C27H29N/c1-2-11-24-15-8-9-16-27(24)22-28-21-10-4-5-12-23-17-19-26(20-18-23)25-13-6-3-7-14-25/h2-3,6-9,11,13-20,22H,4-5,10,12,21H2,1H3/b11-2-,28-22?. The third-order valence-electron chi connectivity index (χ3n) is 4.89. The molecule has 0 atom stereocenters. The Morgan fingerprint density at radius 3 is 2.11 bits per heavy atom. The summed E-state index contributed by atoms with van der Waals surface area (Å²) in [6.07, 6.45) is 10.9. The molecule has 0 aliphatic rings. The second-order valence-electron chi connectivity index (χ2n) is 7.04. The van der Waals surface area contributed by atoms with E-state index in [2.05, 4.69) is 96.0 Å². The summed E-state index contributed by atoms with van der Waals surface area (Å²) in [5, 5.41) is 0. The minimum atomic E-state index is 0.900. The van der Waals surface area contributed by atoms with Crippen LogP contribution < -0.4 is 0 Å². The first kappa shape index (κ1) is 19.8. The molecule has 3 aromatic carbocycles. The molecule has 0 heterocycles. The molecule has 0 radical (unpaired) electrons. The third-order valence-corrected chi connectivity index (χ3v) is 4.89. The number of benzene rings is 3. The van der Waals surface area contributed by atoms with Gasteiger partial charge in [0.15, 0.2) is 0 Å². The van der Waals surface area contributed by atoms with E-state index in [1.807, 2.05) is 13.1 Å². The number of allylic oxidation sites excluding steroid dienone is 1. The van der Waals surface area contributed by atoms with Crippen molar-refractivity contribution in [3.05, 3.63) is 102 Å². The largest absolute Gasteiger partial charge is 0.293 e. The van der Waals surface area contributed by atoms with Gasteiger partial charge in [0, 0.05) is 12.8 Å². The molecule has 0 saturated carbocycles. The van der Waals surface area contributed by atoms with Crippen LogP contribution in [0.15, 0.2) is 89.9 Å². The lowest BCUT2D eigenvalue weighted by Crippen LogP contribution is -1.90. The highest BCUT2D eigenvalue weighted by molar-refractivity contribution is 5.85.